The number of hydrogen-bond donors (Lipinski definition) is 0. The molecule has 1 aromatic carbocycles. The molecule has 2 aromatic rings. The lowest BCUT2D eigenvalue weighted by molar-refractivity contribution is 0.582. The zero-order valence-electron chi connectivity index (χ0n) is 11.4. The molecule has 1 aliphatic carbocycles. The van der Waals surface area contributed by atoms with Crippen molar-refractivity contribution in [3.63, 3.8) is 0 Å². The van der Waals surface area contributed by atoms with E-state index < -0.39 is 15.1 Å². The van der Waals surface area contributed by atoms with Crippen molar-refractivity contribution in [2.75, 3.05) is 0 Å². The number of aromatic nitrogens is 1. The Morgan fingerprint density at radius 3 is 2.65 bits per heavy atom. The summed E-state index contributed by atoms with van der Waals surface area (Å²) in [7, 11) is -3.42. The molecule has 0 spiro atoms. The molecular weight excluding hydrogens is 270 g/mol. The summed E-state index contributed by atoms with van der Waals surface area (Å²) in [6.07, 6.45) is 4.85. The standard InChI is InChI=1S/C16H17NO2S/c1-12(20(18,19)16-7-2-3-10-17-16)14-9-8-13-5-4-6-15(13)11-14/h2-3,7-12H,4-6H2,1H3. The second kappa shape index (κ2) is 5.02. The second-order valence-corrected chi connectivity index (χ2v) is 7.45. The Morgan fingerprint density at radius 1 is 1.10 bits per heavy atom. The van der Waals surface area contributed by atoms with Crippen LogP contribution in [0.4, 0.5) is 0 Å². The average molecular weight is 287 g/mol. The molecule has 1 unspecified atom stereocenters. The van der Waals surface area contributed by atoms with Crippen molar-refractivity contribution in [3.8, 4) is 0 Å². The zero-order valence-corrected chi connectivity index (χ0v) is 12.2. The second-order valence-electron chi connectivity index (χ2n) is 5.24. The van der Waals surface area contributed by atoms with Crippen LogP contribution in [-0.4, -0.2) is 13.4 Å². The van der Waals surface area contributed by atoms with Gasteiger partial charge in [-0.1, -0.05) is 24.3 Å². The third kappa shape index (κ3) is 2.24. The molecule has 1 aromatic heterocycles. The number of pyridine rings is 1. The molecule has 4 heteroatoms. The highest BCUT2D eigenvalue weighted by Crippen LogP contribution is 2.31. The summed E-state index contributed by atoms with van der Waals surface area (Å²) in [6, 6.07) is 11.0. The van der Waals surface area contributed by atoms with Crippen molar-refractivity contribution in [1.82, 2.24) is 4.98 Å². The molecule has 104 valence electrons. The van der Waals surface area contributed by atoms with Crippen LogP contribution >= 0.6 is 0 Å². The van der Waals surface area contributed by atoms with Gasteiger partial charge in [0.05, 0.1) is 5.25 Å². The van der Waals surface area contributed by atoms with Crippen LogP contribution in [0.25, 0.3) is 0 Å². The van der Waals surface area contributed by atoms with Crippen molar-refractivity contribution in [1.29, 1.82) is 0 Å². The minimum Gasteiger partial charge on any atom is -0.245 e. The van der Waals surface area contributed by atoms with Crippen LogP contribution in [0.3, 0.4) is 0 Å². The van der Waals surface area contributed by atoms with Gasteiger partial charge in [0.1, 0.15) is 0 Å². The largest absolute Gasteiger partial charge is 0.245 e. The Morgan fingerprint density at radius 2 is 1.90 bits per heavy atom. The minimum atomic E-state index is -3.42. The van der Waals surface area contributed by atoms with Gasteiger partial charge in [-0.25, -0.2) is 13.4 Å². The quantitative estimate of drug-likeness (QED) is 0.871. The summed E-state index contributed by atoms with van der Waals surface area (Å²) in [5.74, 6) is 0. The molecule has 20 heavy (non-hydrogen) atoms. The molecule has 1 aliphatic rings. The van der Waals surface area contributed by atoms with Crippen LogP contribution in [0.2, 0.25) is 0 Å². The van der Waals surface area contributed by atoms with Crippen LogP contribution in [0.5, 0.6) is 0 Å². The van der Waals surface area contributed by atoms with Crippen LogP contribution in [0.1, 0.15) is 35.3 Å². The van der Waals surface area contributed by atoms with Gasteiger partial charge in [-0.2, -0.15) is 0 Å². The number of hydrogen-bond acceptors (Lipinski definition) is 3. The van der Waals surface area contributed by atoms with Gasteiger partial charge in [-0.3, -0.25) is 0 Å². The van der Waals surface area contributed by atoms with E-state index in [1.807, 2.05) is 12.1 Å². The van der Waals surface area contributed by atoms with Crippen LogP contribution in [-0.2, 0) is 22.7 Å². The Kier molecular flexibility index (Phi) is 3.34. The predicted octanol–water partition coefficient (Wildman–Crippen LogP) is 3.11. The first-order valence-corrected chi connectivity index (χ1v) is 8.40. The van der Waals surface area contributed by atoms with Crippen LogP contribution < -0.4 is 0 Å². The first kappa shape index (κ1) is 13.3. The smallest absolute Gasteiger partial charge is 0.202 e. The van der Waals surface area contributed by atoms with E-state index in [1.165, 1.54) is 23.7 Å². The van der Waals surface area contributed by atoms with Gasteiger partial charge >= 0.3 is 0 Å². The van der Waals surface area contributed by atoms with Gasteiger partial charge in [-0.05, 0) is 55.0 Å². The van der Waals surface area contributed by atoms with Crippen molar-refractivity contribution in [3.05, 3.63) is 59.3 Å². The monoisotopic (exact) mass is 287 g/mol. The van der Waals surface area contributed by atoms with Gasteiger partial charge in [0.15, 0.2) is 5.03 Å². The molecule has 1 heterocycles. The van der Waals surface area contributed by atoms with Gasteiger partial charge < -0.3 is 0 Å². The van der Waals surface area contributed by atoms with E-state index in [0.717, 1.165) is 18.4 Å². The van der Waals surface area contributed by atoms with Gasteiger partial charge in [0.2, 0.25) is 9.84 Å². The lowest BCUT2D eigenvalue weighted by Gasteiger charge is -2.14. The van der Waals surface area contributed by atoms with Crippen LogP contribution in [0.15, 0.2) is 47.6 Å². The van der Waals surface area contributed by atoms with E-state index in [4.69, 9.17) is 0 Å². The molecule has 0 fully saturated rings. The molecule has 0 saturated heterocycles. The van der Waals surface area contributed by atoms with E-state index >= 15 is 0 Å². The SMILES string of the molecule is CC(c1ccc2c(c1)CCC2)S(=O)(=O)c1ccccn1. The topological polar surface area (TPSA) is 47.0 Å². The molecule has 0 bridgehead atoms. The molecule has 0 radical (unpaired) electrons. The van der Waals surface area contributed by atoms with Crippen molar-refractivity contribution >= 4 is 9.84 Å². The van der Waals surface area contributed by atoms with Gasteiger partial charge in [0, 0.05) is 6.20 Å². The molecule has 0 amide bonds. The number of fused-ring (bicyclic) bond motifs is 1. The lowest BCUT2D eigenvalue weighted by atomic mass is 10.0. The predicted molar refractivity (Wildman–Crippen MR) is 78.3 cm³/mol. The highest BCUT2D eigenvalue weighted by molar-refractivity contribution is 7.91. The molecule has 1 atom stereocenters. The maximum Gasteiger partial charge on any atom is 0.202 e. The van der Waals surface area contributed by atoms with Gasteiger partial charge in [-0.15, -0.1) is 0 Å². The summed E-state index contributed by atoms with van der Waals surface area (Å²) < 4.78 is 25.1. The maximum absolute atomic E-state index is 12.6. The average Bonchev–Trinajstić information content (AvgIpc) is 2.94. The zero-order chi connectivity index (χ0) is 14.2. The summed E-state index contributed by atoms with van der Waals surface area (Å²) in [5, 5.41) is -0.420. The number of aryl methyl sites for hydroxylation is 2. The molecule has 3 rings (SSSR count). The number of benzene rings is 1. The van der Waals surface area contributed by atoms with E-state index in [9.17, 15) is 8.42 Å². The third-order valence-corrected chi connectivity index (χ3v) is 6.01. The number of nitrogens with zero attached hydrogens (tertiary/aromatic N) is 1. The highest BCUT2D eigenvalue weighted by atomic mass is 32.2. The molecule has 3 nitrogen and oxygen atoms in total. The fourth-order valence-corrected chi connectivity index (χ4v) is 4.06. The summed E-state index contributed by atoms with van der Waals surface area (Å²) in [6.45, 7) is 1.74. The Labute approximate surface area is 119 Å². The third-order valence-electron chi connectivity index (χ3n) is 3.99. The highest BCUT2D eigenvalue weighted by Gasteiger charge is 2.26. The van der Waals surface area contributed by atoms with Crippen molar-refractivity contribution in [2.45, 2.75) is 36.5 Å². The van der Waals surface area contributed by atoms with Crippen LogP contribution in [0, 0.1) is 0 Å². The first-order valence-electron chi connectivity index (χ1n) is 6.85. The van der Waals surface area contributed by atoms with E-state index in [-0.39, 0.29) is 5.03 Å². The van der Waals surface area contributed by atoms with Gasteiger partial charge in [0.25, 0.3) is 0 Å². The molecular formula is C16H17NO2S. The molecule has 0 aliphatic heterocycles. The molecule has 0 N–H and O–H groups in total. The fraction of sp³-hybridized carbons (Fsp3) is 0.312. The van der Waals surface area contributed by atoms with Crippen molar-refractivity contribution in [2.24, 2.45) is 0 Å². The molecule has 0 saturated carbocycles. The first-order chi connectivity index (χ1) is 9.59. The lowest BCUT2D eigenvalue weighted by Crippen LogP contribution is -2.12. The normalized spacial score (nSPS) is 15.8. The maximum atomic E-state index is 12.6. The Balaban J connectivity index is 1.98. The van der Waals surface area contributed by atoms with E-state index in [0.29, 0.717) is 0 Å². The number of rotatable bonds is 3. The van der Waals surface area contributed by atoms with Crippen molar-refractivity contribution < 1.29 is 8.42 Å². The summed E-state index contributed by atoms with van der Waals surface area (Å²) >= 11 is 0. The summed E-state index contributed by atoms with van der Waals surface area (Å²) in [5.41, 5.74) is 3.51. The summed E-state index contributed by atoms with van der Waals surface area (Å²) in [4.78, 5) is 3.98. The fourth-order valence-electron chi connectivity index (χ4n) is 2.72. The van der Waals surface area contributed by atoms with E-state index in [1.54, 1.807) is 25.1 Å². The van der Waals surface area contributed by atoms with E-state index in [2.05, 4.69) is 11.1 Å². The minimum absolute atomic E-state index is 0.146. The Hall–Kier alpha value is -1.68. The number of sulfone groups is 1. The Bertz CT molecular complexity index is 723.